The molecule has 1 saturated carbocycles. The Kier molecular flexibility index (Phi) is 4.81. The Morgan fingerprint density at radius 1 is 1.45 bits per heavy atom. The van der Waals surface area contributed by atoms with Gasteiger partial charge in [-0.1, -0.05) is 0 Å². The van der Waals surface area contributed by atoms with Crippen LogP contribution in [0.5, 0.6) is 0 Å². The number of hydrogen-bond acceptors (Lipinski definition) is 4. The van der Waals surface area contributed by atoms with Gasteiger partial charge in [0.25, 0.3) is 0 Å². The number of hydrogen-bond donors (Lipinski definition) is 1. The first-order valence-corrected chi connectivity index (χ1v) is 8.53. The molecule has 2 aliphatic rings. The van der Waals surface area contributed by atoms with Gasteiger partial charge < -0.3 is 14.8 Å². The maximum atomic E-state index is 6.00. The molecule has 0 bridgehead atoms. The van der Waals surface area contributed by atoms with Crippen LogP contribution in [0.25, 0.3) is 0 Å². The molecule has 1 aromatic rings. The predicted molar refractivity (Wildman–Crippen MR) is 86.8 cm³/mol. The molecule has 0 amide bonds. The Balaban J connectivity index is 1.70. The van der Waals surface area contributed by atoms with Crippen LogP contribution < -0.4 is 5.32 Å². The van der Waals surface area contributed by atoms with E-state index >= 15 is 0 Å². The Bertz CT molecular complexity index is 500. The second-order valence-corrected chi connectivity index (χ2v) is 6.70. The molecule has 1 spiro atoms. The van der Waals surface area contributed by atoms with E-state index in [0.717, 1.165) is 39.1 Å². The van der Waals surface area contributed by atoms with Crippen LogP contribution in [0.1, 0.15) is 50.3 Å². The van der Waals surface area contributed by atoms with E-state index in [2.05, 4.69) is 37.1 Å². The Morgan fingerprint density at radius 3 is 2.91 bits per heavy atom. The molecule has 1 saturated heterocycles. The monoisotopic (exact) mass is 304 g/mol. The van der Waals surface area contributed by atoms with Gasteiger partial charge in [-0.05, 0) is 57.2 Å². The van der Waals surface area contributed by atoms with Crippen LogP contribution in [0, 0.1) is 12.3 Å². The number of nitrogens with one attached hydrogen (secondary N) is 1. The molecular weight excluding hydrogens is 276 g/mol. The van der Waals surface area contributed by atoms with Crippen LogP contribution in [0.2, 0.25) is 0 Å². The normalized spacial score (nSPS) is 28.3. The first-order chi connectivity index (χ1) is 10.7. The average molecular weight is 304 g/mol. The number of ether oxygens (including phenoxy) is 2. The third kappa shape index (κ3) is 2.80. The third-order valence-electron chi connectivity index (χ3n) is 5.57. The molecular formula is C18H28N2O2. The van der Waals surface area contributed by atoms with E-state index in [1.54, 1.807) is 0 Å². The molecule has 1 aliphatic heterocycles. The molecule has 1 aromatic heterocycles. The summed E-state index contributed by atoms with van der Waals surface area (Å²) in [5.41, 5.74) is 2.86. The topological polar surface area (TPSA) is 43.4 Å². The fourth-order valence-corrected chi connectivity index (χ4v) is 4.16. The van der Waals surface area contributed by atoms with Gasteiger partial charge in [0, 0.05) is 49.7 Å². The molecule has 3 rings (SSSR count). The number of pyridine rings is 1. The Morgan fingerprint density at radius 2 is 2.23 bits per heavy atom. The summed E-state index contributed by atoms with van der Waals surface area (Å²) in [6.07, 6.45) is 7.56. The van der Waals surface area contributed by atoms with Crippen molar-refractivity contribution in [1.29, 1.82) is 0 Å². The largest absolute Gasteiger partial charge is 0.381 e. The maximum absolute atomic E-state index is 6.00. The van der Waals surface area contributed by atoms with E-state index < -0.39 is 0 Å². The lowest BCUT2D eigenvalue weighted by Crippen LogP contribution is -2.65. The Hall–Kier alpha value is -0.970. The zero-order chi connectivity index (χ0) is 15.6. The minimum absolute atomic E-state index is 0.263. The molecule has 3 unspecified atom stereocenters. The molecule has 4 heteroatoms. The van der Waals surface area contributed by atoms with Crippen molar-refractivity contribution in [3.63, 3.8) is 0 Å². The van der Waals surface area contributed by atoms with Gasteiger partial charge in [0.15, 0.2) is 0 Å². The second-order valence-electron chi connectivity index (χ2n) is 6.70. The summed E-state index contributed by atoms with van der Waals surface area (Å²) < 4.78 is 11.6. The van der Waals surface area contributed by atoms with E-state index in [-0.39, 0.29) is 5.41 Å². The molecule has 122 valence electrons. The maximum Gasteiger partial charge on any atom is 0.0662 e. The minimum atomic E-state index is 0.263. The zero-order valence-corrected chi connectivity index (χ0v) is 14.0. The molecule has 3 atom stereocenters. The predicted octanol–water partition coefficient (Wildman–Crippen LogP) is 3.01. The van der Waals surface area contributed by atoms with E-state index in [4.69, 9.17) is 9.47 Å². The van der Waals surface area contributed by atoms with E-state index in [0.29, 0.717) is 18.2 Å². The highest BCUT2D eigenvalue weighted by Crippen LogP contribution is 2.51. The van der Waals surface area contributed by atoms with Gasteiger partial charge >= 0.3 is 0 Å². The summed E-state index contributed by atoms with van der Waals surface area (Å²) in [7, 11) is 0. The molecule has 4 nitrogen and oxygen atoms in total. The molecule has 2 fully saturated rings. The Labute approximate surface area is 133 Å². The summed E-state index contributed by atoms with van der Waals surface area (Å²) in [6, 6.07) is 2.92. The van der Waals surface area contributed by atoms with Crippen molar-refractivity contribution in [1.82, 2.24) is 10.3 Å². The molecule has 0 aromatic carbocycles. The van der Waals surface area contributed by atoms with Crippen LogP contribution >= 0.6 is 0 Å². The van der Waals surface area contributed by atoms with Gasteiger partial charge in [0.05, 0.1) is 6.10 Å². The molecule has 0 radical (unpaired) electrons. The molecule has 1 N–H and O–H groups in total. The summed E-state index contributed by atoms with van der Waals surface area (Å²) in [5.74, 6) is 0. The van der Waals surface area contributed by atoms with Crippen molar-refractivity contribution in [3.05, 3.63) is 29.6 Å². The van der Waals surface area contributed by atoms with Crippen molar-refractivity contribution in [3.8, 4) is 0 Å². The smallest absolute Gasteiger partial charge is 0.0662 e. The van der Waals surface area contributed by atoms with Crippen LogP contribution in [-0.2, 0) is 9.47 Å². The van der Waals surface area contributed by atoms with Crippen LogP contribution in [0.3, 0.4) is 0 Å². The summed E-state index contributed by atoms with van der Waals surface area (Å²) in [5, 5.41) is 3.85. The van der Waals surface area contributed by atoms with Crippen LogP contribution in [-0.4, -0.2) is 37.0 Å². The van der Waals surface area contributed by atoms with Crippen molar-refractivity contribution < 1.29 is 9.47 Å². The fourth-order valence-electron chi connectivity index (χ4n) is 4.16. The summed E-state index contributed by atoms with van der Waals surface area (Å²) in [4.78, 5) is 4.28. The van der Waals surface area contributed by atoms with Gasteiger partial charge in [-0.25, -0.2) is 0 Å². The summed E-state index contributed by atoms with van der Waals surface area (Å²) >= 11 is 0. The minimum Gasteiger partial charge on any atom is -0.381 e. The number of aromatic nitrogens is 1. The van der Waals surface area contributed by atoms with Gasteiger partial charge in [-0.15, -0.1) is 0 Å². The van der Waals surface area contributed by atoms with Crippen molar-refractivity contribution >= 4 is 0 Å². The standard InChI is InChI=1S/C18H28N2O2/c1-4-22-17-11-16(18(17)6-9-21-10-7-18)20-14(3)15-12-19-8-5-13(15)2/h5,8,12,14,16-17,20H,4,6-7,9-11H2,1-3H3. The van der Waals surface area contributed by atoms with E-state index in [9.17, 15) is 0 Å². The highest BCUT2D eigenvalue weighted by Gasteiger charge is 2.56. The lowest BCUT2D eigenvalue weighted by atomic mass is 9.57. The number of nitrogens with zero attached hydrogens (tertiary/aromatic N) is 1. The first kappa shape index (κ1) is 15.9. The van der Waals surface area contributed by atoms with Gasteiger partial charge in [0.1, 0.15) is 0 Å². The molecule has 22 heavy (non-hydrogen) atoms. The first-order valence-electron chi connectivity index (χ1n) is 8.53. The molecule has 1 aliphatic carbocycles. The van der Waals surface area contributed by atoms with E-state index in [1.807, 2.05) is 12.4 Å². The number of rotatable bonds is 5. The number of aryl methyl sites for hydroxylation is 1. The van der Waals surface area contributed by atoms with Crippen LogP contribution in [0.4, 0.5) is 0 Å². The third-order valence-corrected chi connectivity index (χ3v) is 5.57. The van der Waals surface area contributed by atoms with Gasteiger partial charge in [0.2, 0.25) is 0 Å². The van der Waals surface area contributed by atoms with Crippen LogP contribution in [0.15, 0.2) is 18.5 Å². The lowest BCUT2D eigenvalue weighted by Gasteiger charge is -2.58. The highest BCUT2D eigenvalue weighted by atomic mass is 16.5. The van der Waals surface area contributed by atoms with Crippen molar-refractivity contribution in [2.24, 2.45) is 5.41 Å². The summed E-state index contributed by atoms with van der Waals surface area (Å²) in [6.45, 7) is 9.02. The lowest BCUT2D eigenvalue weighted by molar-refractivity contribution is -0.174. The van der Waals surface area contributed by atoms with E-state index in [1.165, 1.54) is 11.1 Å². The average Bonchev–Trinajstić information content (AvgIpc) is 2.55. The SMILES string of the molecule is CCOC1CC(NC(C)c2cnccc2C)C12CCOCC2. The molecule has 2 heterocycles. The van der Waals surface area contributed by atoms with Crippen molar-refractivity contribution in [2.75, 3.05) is 19.8 Å². The van der Waals surface area contributed by atoms with Gasteiger partial charge in [-0.3, -0.25) is 4.98 Å². The fraction of sp³-hybridized carbons (Fsp3) is 0.722. The van der Waals surface area contributed by atoms with Gasteiger partial charge in [-0.2, -0.15) is 0 Å². The van der Waals surface area contributed by atoms with Crippen molar-refractivity contribution in [2.45, 2.75) is 58.2 Å². The zero-order valence-electron chi connectivity index (χ0n) is 14.0. The second kappa shape index (κ2) is 6.65. The highest BCUT2D eigenvalue weighted by molar-refractivity contribution is 5.25. The quantitative estimate of drug-likeness (QED) is 0.908.